The van der Waals surface area contributed by atoms with E-state index in [1.807, 2.05) is 25.1 Å². The third kappa shape index (κ3) is 3.14. The summed E-state index contributed by atoms with van der Waals surface area (Å²) in [5.74, 6) is 0.293. The summed E-state index contributed by atoms with van der Waals surface area (Å²) < 4.78 is 0. The monoisotopic (exact) mass is 301 g/mol. The molecule has 1 fully saturated rings. The van der Waals surface area contributed by atoms with Crippen LogP contribution in [0.3, 0.4) is 0 Å². The molecule has 0 bridgehead atoms. The quantitative estimate of drug-likeness (QED) is 0.948. The maximum atomic E-state index is 12.6. The lowest BCUT2D eigenvalue weighted by molar-refractivity contribution is -0.119. The van der Waals surface area contributed by atoms with Crippen LogP contribution in [0.25, 0.3) is 0 Å². The maximum Gasteiger partial charge on any atom is 0.231 e. The number of carbonyl (C=O) groups excluding carboxylic acids is 1. The van der Waals surface area contributed by atoms with Crippen LogP contribution < -0.4 is 5.32 Å². The first-order chi connectivity index (χ1) is 10.1. The molecule has 1 saturated heterocycles. The van der Waals surface area contributed by atoms with Crippen molar-refractivity contribution in [2.75, 3.05) is 25.5 Å². The van der Waals surface area contributed by atoms with Crippen LogP contribution in [0, 0.1) is 12.8 Å². The van der Waals surface area contributed by atoms with Gasteiger partial charge in [-0.15, -0.1) is 11.3 Å². The third-order valence-corrected chi connectivity index (χ3v) is 4.75. The van der Waals surface area contributed by atoms with Crippen LogP contribution in [0.5, 0.6) is 0 Å². The molecule has 2 atom stereocenters. The molecule has 5 heteroatoms. The number of likely N-dealkylation sites (N-methyl/N-ethyl adjacent to an activating group) is 1. The maximum absolute atomic E-state index is 12.6. The van der Waals surface area contributed by atoms with Crippen molar-refractivity contribution >= 4 is 22.4 Å². The van der Waals surface area contributed by atoms with E-state index < -0.39 is 0 Å². The highest BCUT2D eigenvalue weighted by molar-refractivity contribution is 7.15. The number of nitrogens with one attached hydrogen (secondary N) is 1. The highest BCUT2D eigenvalue weighted by atomic mass is 32.1. The van der Waals surface area contributed by atoms with Gasteiger partial charge >= 0.3 is 0 Å². The number of amides is 1. The van der Waals surface area contributed by atoms with E-state index >= 15 is 0 Å². The van der Waals surface area contributed by atoms with Gasteiger partial charge in [-0.3, -0.25) is 4.79 Å². The third-order valence-electron chi connectivity index (χ3n) is 3.92. The highest BCUT2D eigenvalue weighted by Gasteiger charge is 2.37. The number of thiazole rings is 1. The molecule has 1 aliphatic rings. The number of anilines is 1. The van der Waals surface area contributed by atoms with Crippen LogP contribution in [0.4, 0.5) is 5.13 Å². The summed E-state index contributed by atoms with van der Waals surface area (Å²) >= 11 is 1.52. The zero-order valence-corrected chi connectivity index (χ0v) is 13.1. The number of hydrogen-bond acceptors (Lipinski definition) is 4. The minimum atomic E-state index is -0.0263. The first kappa shape index (κ1) is 14.2. The van der Waals surface area contributed by atoms with Gasteiger partial charge in [0.2, 0.25) is 5.91 Å². The molecule has 0 spiro atoms. The number of likely N-dealkylation sites (tertiary alicyclic amines) is 1. The molecule has 1 aliphatic heterocycles. The first-order valence-electron chi connectivity index (χ1n) is 7.10. The Balaban J connectivity index is 1.77. The van der Waals surface area contributed by atoms with Gasteiger partial charge in [0.1, 0.15) is 0 Å². The molecule has 1 amide bonds. The van der Waals surface area contributed by atoms with Crippen molar-refractivity contribution < 1.29 is 4.79 Å². The first-order valence-corrected chi connectivity index (χ1v) is 7.92. The summed E-state index contributed by atoms with van der Waals surface area (Å²) in [5.41, 5.74) is 1.23. The van der Waals surface area contributed by atoms with E-state index in [0.29, 0.717) is 5.13 Å². The fourth-order valence-electron chi connectivity index (χ4n) is 2.91. The number of carbonyl (C=O) groups is 1. The Hall–Kier alpha value is -1.72. The second kappa shape index (κ2) is 5.95. The number of benzene rings is 1. The zero-order chi connectivity index (χ0) is 14.8. The average Bonchev–Trinajstić information content (AvgIpc) is 3.06. The van der Waals surface area contributed by atoms with E-state index in [0.717, 1.165) is 18.0 Å². The number of aryl methyl sites for hydroxylation is 1. The van der Waals surface area contributed by atoms with Gasteiger partial charge in [0.15, 0.2) is 5.13 Å². The van der Waals surface area contributed by atoms with Crippen molar-refractivity contribution in [1.29, 1.82) is 0 Å². The minimum Gasteiger partial charge on any atom is -0.305 e. The van der Waals surface area contributed by atoms with Gasteiger partial charge in [0, 0.05) is 30.1 Å². The van der Waals surface area contributed by atoms with Crippen LogP contribution in [0.15, 0.2) is 36.5 Å². The van der Waals surface area contributed by atoms with E-state index in [1.165, 1.54) is 16.9 Å². The van der Waals surface area contributed by atoms with Gasteiger partial charge in [-0.2, -0.15) is 0 Å². The Morgan fingerprint density at radius 1 is 1.33 bits per heavy atom. The molecule has 3 rings (SSSR count). The van der Waals surface area contributed by atoms with Crippen molar-refractivity contribution in [3.8, 4) is 0 Å². The van der Waals surface area contributed by atoms with Crippen LogP contribution in [-0.4, -0.2) is 35.9 Å². The standard InChI is InChI=1S/C16H19N3OS/c1-11-8-17-16(21-11)18-15(20)14-10-19(2)9-13(14)12-6-4-3-5-7-12/h3-8,13-14H,9-10H2,1-2H3,(H,17,18,20)/t13-,14+/m0/s1. The number of nitrogens with zero attached hydrogens (tertiary/aromatic N) is 2. The van der Waals surface area contributed by atoms with E-state index in [-0.39, 0.29) is 17.7 Å². The van der Waals surface area contributed by atoms with E-state index in [2.05, 4.69) is 34.4 Å². The Kier molecular flexibility index (Phi) is 4.03. The smallest absolute Gasteiger partial charge is 0.231 e. The number of aromatic nitrogens is 1. The van der Waals surface area contributed by atoms with Gasteiger partial charge in [-0.05, 0) is 19.5 Å². The highest BCUT2D eigenvalue weighted by Crippen LogP contribution is 2.33. The van der Waals surface area contributed by atoms with Gasteiger partial charge in [-0.25, -0.2) is 4.98 Å². The van der Waals surface area contributed by atoms with Crippen LogP contribution in [0.1, 0.15) is 16.4 Å². The zero-order valence-electron chi connectivity index (χ0n) is 12.2. The van der Waals surface area contributed by atoms with E-state index in [9.17, 15) is 4.79 Å². The summed E-state index contributed by atoms with van der Waals surface area (Å²) in [6.45, 7) is 3.69. The second-order valence-corrected chi connectivity index (χ2v) is 6.84. The molecule has 1 aromatic heterocycles. The summed E-state index contributed by atoms with van der Waals surface area (Å²) in [5, 5.41) is 3.66. The van der Waals surface area contributed by atoms with Crippen molar-refractivity contribution in [3.05, 3.63) is 47.0 Å². The fourth-order valence-corrected chi connectivity index (χ4v) is 3.58. The molecule has 0 aliphatic carbocycles. The summed E-state index contributed by atoms with van der Waals surface area (Å²) in [4.78, 5) is 20.1. The minimum absolute atomic E-state index is 0.0263. The van der Waals surface area contributed by atoms with Gasteiger partial charge in [0.25, 0.3) is 0 Å². The summed E-state index contributed by atoms with van der Waals surface area (Å²) in [6, 6.07) is 10.3. The Morgan fingerprint density at radius 3 is 2.76 bits per heavy atom. The number of rotatable bonds is 3. The Bertz CT molecular complexity index is 625. The lowest BCUT2D eigenvalue weighted by atomic mass is 9.88. The SMILES string of the molecule is Cc1cnc(NC(=O)[C@@H]2CN(C)C[C@H]2c2ccccc2)s1. The largest absolute Gasteiger partial charge is 0.305 e. The normalized spacial score (nSPS) is 22.4. The molecule has 0 saturated carbocycles. The Labute approximate surface area is 128 Å². The van der Waals surface area contributed by atoms with Gasteiger partial charge in [-0.1, -0.05) is 30.3 Å². The lowest BCUT2D eigenvalue weighted by Crippen LogP contribution is -2.28. The molecule has 21 heavy (non-hydrogen) atoms. The lowest BCUT2D eigenvalue weighted by Gasteiger charge is -2.17. The molecule has 4 nitrogen and oxygen atoms in total. The van der Waals surface area contributed by atoms with Crippen molar-refractivity contribution in [2.24, 2.45) is 5.92 Å². The van der Waals surface area contributed by atoms with Crippen LogP contribution in [0.2, 0.25) is 0 Å². The molecule has 2 aromatic rings. The molecule has 110 valence electrons. The number of hydrogen-bond donors (Lipinski definition) is 1. The van der Waals surface area contributed by atoms with Crippen LogP contribution in [-0.2, 0) is 4.79 Å². The Morgan fingerprint density at radius 2 is 2.10 bits per heavy atom. The average molecular weight is 301 g/mol. The molecule has 0 radical (unpaired) electrons. The van der Waals surface area contributed by atoms with Crippen molar-refractivity contribution in [2.45, 2.75) is 12.8 Å². The van der Waals surface area contributed by atoms with Crippen molar-refractivity contribution in [1.82, 2.24) is 9.88 Å². The topological polar surface area (TPSA) is 45.2 Å². The van der Waals surface area contributed by atoms with Crippen molar-refractivity contribution in [3.63, 3.8) is 0 Å². The van der Waals surface area contributed by atoms with Gasteiger partial charge < -0.3 is 10.2 Å². The molecular weight excluding hydrogens is 282 g/mol. The van der Waals surface area contributed by atoms with E-state index in [1.54, 1.807) is 6.20 Å². The second-order valence-electron chi connectivity index (χ2n) is 5.61. The molecule has 0 unspecified atom stereocenters. The predicted molar refractivity (Wildman–Crippen MR) is 85.7 cm³/mol. The predicted octanol–water partition coefficient (Wildman–Crippen LogP) is 2.74. The fraction of sp³-hybridized carbons (Fsp3) is 0.375. The molecular formula is C16H19N3OS. The molecule has 1 aromatic carbocycles. The molecule has 2 heterocycles. The van der Waals surface area contributed by atoms with E-state index in [4.69, 9.17) is 0 Å². The van der Waals surface area contributed by atoms with Gasteiger partial charge in [0.05, 0.1) is 5.92 Å². The molecule has 1 N–H and O–H groups in total. The van der Waals surface area contributed by atoms with Crippen LogP contribution >= 0.6 is 11.3 Å². The summed E-state index contributed by atoms with van der Waals surface area (Å²) in [7, 11) is 2.07. The summed E-state index contributed by atoms with van der Waals surface area (Å²) in [6.07, 6.45) is 1.79.